The standard InChI is InChI=1S/C24H29Cl2N7O2S/c1-15-23-24(33(30-15)16(2)20-6-5-19(25)10-21(20)26)29-22(11-28-23)32-13-18(14-32)17-4-3-7-31(12-17)8-9-36(27,34)35/h5-6,10-11,17-18H,2-4,7-9,12-14H2,1H3,(H2,27,34,35)/t17-/m1/s1. The minimum Gasteiger partial charge on any atom is -0.355 e. The van der Waals surface area contributed by atoms with Gasteiger partial charge < -0.3 is 9.80 Å². The number of benzene rings is 1. The number of rotatable bonds is 7. The highest BCUT2D eigenvalue weighted by Gasteiger charge is 2.36. The van der Waals surface area contributed by atoms with Crippen LogP contribution in [0.15, 0.2) is 31.0 Å². The topological polar surface area (TPSA) is 110 Å². The highest BCUT2D eigenvalue weighted by molar-refractivity contribution is 7.89. The summed E-state index contributed by atoms with van der Waals surface area (Å²) in [6, 6.07) is 5.27. The van der Waals surface area contributed by atoms with Gasteiger partial charge >= 0.3 is 0 Å². The van der Waals surface area contributed by atoms with E-state index in [2.05, 4.69) is 26.5 Å². The molecule has 0 bridgehead atoms. The van der Waals surface area contributed by atoms with E-state index >= 15 is 0 Å². The molecule has 0 amide bonds. The Balaban J connectivity index is 1.30. The van der Waals surface area contributed by atoms with Gasteiger partial charge in [-0.15, -0.1) is 0 Å². The number of piperidine rings is 1. The molecule has 9 nitrogen and oxygen atoms in total. The van der Waals surface area contributed by atoms with Crippen LogP contribution in [0, 0.1) is 18.8 Å². The lowest BCUT2D eigenvalue weighted by molar-refractivity contribution is 0.125. The smallest absolute Gasteiger partial charge is 0.210 e. The lowest BCUT2D eigenvalue weighted by Crippen LogP contribution is -2.54. The van der Waals surface area contributed by atoms with Crippen LogP contribution in [0.4, 0.5) is 5.82 Å². The Kier molecular flexibility index (Phi) is 6.99. The number of likely N-dealkylation sites (tertiary alicyclic amines) is 1. The summed E-state index contributed by atoms with van der Waals surface area (Å²) in [5.41, 5.74) is 3.45. The monoisotopic (exact) mass is 549 g/mol. The van der Waals surface area contributed by atoms with E-state index < -0.39 is 10.0 Å². The van der Waals surface area contributed by atoms with Crippen molar-refractivity contribution in [2.75, 3.05) is 43.4 Å². The van der Waals surface area contributed by atoms with Gasteiger partial charge in [-0.3, -0.25) is 0 Å². The number of aryl methyl sites for hydroxylation is 1. The van der Waals surface area contributed by atoms with Crippen molar-refractivity contribution in [3.05, 3.63) is 52.3 Å². The molecule has 192 valence electrons. The first-order valence-corrected chi connectivity index (χ1v) is 14.4. The van der Waals surface area contributed by atoms with Gasteiger partial charge in [0.25, 0.3) is 0 Å². The number of sulfonamides is 1. The van der Waals surface area contributed by atoms with Gasteiger partial charge in [-0.2, -0.15) is 5.10 Å². The van der Waals surface area contributed by atoms with Crippen LogP contribution in [-0.2, 0) is 10.0 Å². The van der Waals surface area contributed by atoms with Gasteiger partial charge in [0, 0.05) is 36.8 Å². The minimum absolute atomic E-state index is 0.00569. The predicted molar refractivity (Wildman–Crippen MR) is 144 cm³/mol. The SMILES string of the molecule is C=C(c1ccc(Cl)cc1Cl)n1nc(C)c2ncc(N3CC([C@@H]4CCCN(CCS(N)(=O)=O)C4)C3)nc21. The van der Waals surface area contributed by atoms with Gasteiger partial charge in [-0.25, -0.2) is 28.2 Å². The van der Waals surface area contributed by atoms with Crippen molar-refractivity contribution in [1.29, 1.82) is 0 Å². The zero-order chi connectivity index (χ0) is 25.6. The van der Waals surface area contributed by atoms with E-state index in [0.29, 0.717) is 39.8 Å². The Morgan fingerprint density at radius 2 is 2.00 bits per heavy atom. The van der Waals surface area contributed by atoms with Crippen LogP contribution < -0.4 is 10.0 Å². The lowest BCUT2D eigenvalue weighted by atomic mass is 9.80. The average Bonchev–Trinajstić information content (AvgIpc) is 3.12. The quantitative estimate of drug-likeness (QED) is 0.480. The highest BCUT2D eigenvalue weighted by Crippen LogP contribution is 2.34. The molecule has 2 N–H and O–H groups in total. The maximum Gasteiger partial charge on any atom is 0.210 e. The molecule has 3 aromatic rings. The lowest BCUT2D eigenvalue weighted by Gasteiger charge is -2.47. The van der Waals surface area contributed by atoms with Crippen LogP contribution in [0.5, 0.6) is 0 Å². The van der Waals surface area contributed by atoms with Crippen molar-refractivity contribution in [3.8, 4) is 0 Å². The molecule has 2 saturated heterocycles. The molecule has 2 fully saturated rings. The van der Waals surface area contributed by atoms with Crippen molar-refractivity contribution >= 4 is 55.9 Å². The van der Waals surface area contributed by atoms with Gasteiger partial charge in [0.05, 0.1) is 28.4 Å². The first kappa shape index (κ1) is 25.4. The molecule has 5 rings (SSSR count). The van der Waals surface area contributed by atoms with Gasteiger partial charge in [-0.1, -0.05) is 29.8 Å². The summed E-state index contributed by atoms with van der Waals surface area (Å²) in [5, 5.41) is 10.9. The van der Waals surface area contributed by atoms with Crippen LogP contribution in [0.1, 0.15) is 24.1 Å². The molecule has 36 heavy (non-hydrogen) atoms. The zero-order valence-electron chi connectivity index (χ0n) is 20.1. The predicted octanol–water partition coefficient (Wildman–Crippen LogP) is 3.40. The first-order chi connectivity index (χ1) is 17.1. The molecule has 4 heterocycles. The number of aromatic nitrogens is 4. The number of primary sulfonamides is 1. The molecule has 0 saturated carbocycles. The van der Waals surface area contributed by atoms with E-state index in [4.69, 9.17) is 33.3 Å². The summed E-state index contributed by atoms with van der Waals surface area (Å²) in [7, 11) is -3.44. The second-order valence-corrected chi connectivity index (χ2v) is 12.3. The molecular formula is C24H29Cl2N7O2S. The van der Waals surface area contributed by atoms with Gasteiger partial charge in [-0.05, 0) is 56.3 Å². The van der Waals surface area contributed by atoms with E-state index in [1.54, 1.807) is 23.0 Å². The number of anilines is 1. The Morgan fingerprint density at radius 3 is 2.72 bits per heavy atom. The first-order valence-electron chi connectivity index (χ1n) is 11.9. The summed E-state index contributed by atoms with van der Waals surface area (Å²) < 4.78 is 24.4. The fourth-order valence-corrected chi connectivity index (χ4v) is 6.16. The Bertz CT molecular complexity index is 1420. The summed E-state index contributed by atoms with van der Waals surface area (Å²) in [4.78, 5) is 14.0. The van der Waals surface area contributed by atoms with E-state index in [-0.39, 0.29) is 5.75 Å². The fraction of sp³-hybridized carbons (Fsp3) is 0.458. The van der Waals surface area contributed by atoms with Crippen molar-refractivity contribution < 1.29 is 8.42 Å². The normalized spacial score (nSPS) is 19.6. The van der Waals surface area contributed by atoms with Crippen LogP contribution in [-0.4, -0.2) is 71.5 Å². The molecule has 12 heteroatoms. The number of halogens is 2. The van der Waals surface area contributed by atoms with E-state index in [1.807, 2.05) is 13.0 Å². The largest absolute Gasteiger partial charge is 0.355 e. The molecule has 2 aliphatic heterocycles. The Morgan fingerprint density at radius 1 is 1.22 bits per heavy atom. The molecule has 0 radical (unpaired) electrons. The minimum atomic E-state index is -3.44. The number of fused-ring (bicyclic) bond motifs is 1. The second-order valence-electron chi connectivity index (χ2n) is 9.70. The summed E-state index contributed by atoms with van der Waals surface area (Å²) in [6.45, 7) is 10.2. The zero-order valence-corrected chi connectivity index (χ0v) is 22.4. The van der Waals surface area contributed by atoms with Crippen molar-refractivity contribution in [1.82, 2.24) is 24.6 Å². The fourth-order valence-electron chi connectivity index (χ4n) is 5.13. The summed E-state index contributed by atoms with van der Waals surface area (Å²) >= 11 is 12.5. The van der Waals surface area contributed by atoms with E-state index in [0.717, 1.165) is 61.6 Å². The van der Waals surface area contributed by atoms with Crippen LogP contribution in [0.25, 0.3) is 16.9 Å². The summed E-state index contributed by atoms with van der Waals surface area (Å²) in [6.07, 6.45) is 4.03. The molecular weight excluding hydrogens is 521 g/mol. The van der Waals surface area contributed by atoms with Crippen LogP contribution >= 0.6 is 23.2 Å². The maximum absolute atomic E-state index is 11.3. The molecule has 1 aromatic carbocycles. The Labute approximate surface area is 220 Å². The number of hydrogen-bond donors (Lipinski definition) is 1. The highest BCUT2D eigenvalue weighted by atomic mass is 35.5. The van der Waals surface area contributed by atoms with Crippen molar-refractivity contribution in [3.63, 3.8) is 0 Å². The van der Waals surface area contributed by atoms with E-state index in [1.165, 1.54) is 0 Å². The maximum atomic E-state index is 11.3. The molecule has 0 unspecified atom stereocenters. The van der Waals surface area contributed by atoms with Gasteiger partial charge in [0.1, 0.15) is 11.3 Å². The van der Waals surface area contributed by atoms with Crippen LogP contribution in [0.2, 0.25) is 10.0 Å². The average molecular weight is 551 g/mol. The second kappa shape index (κ2) is 9.90. The molecule has 0 spiro atoms. The number of nitrogens with two attached hydrogens (primary N) is 1. The van der Waals surface area contributed by atoms with E-state index in [9.17, 15) is 8.42 Å². The third-order valence-electron chi connectivity index (χ3n) is 7.17. The molecule has 0 aliphatic carbocycles. The number of hydrogen-bond acceptors (Lipinski definition) is 7. The van der Waals surface area contributed by atoms with Gasteiger partial charge in [0.15, 0.2) is 5.65 Å². The molecule has 2 aliphatic rings. The Hall–Kier alpha value is -2.24. The molecule has 1 atom stereocenters. The number of nitrogens with zero attached hydrogens (tertiary/aromatic N) is 6. The third-order valence-corrected chi connectivity index (χ3v) is 8.47. The third kappa shape index (κ3) is 5.24. The van der Waals surface area contributed by atoms with Gasteiger partial charge in [0.2, 0.25) is 10.0 Å². The van der Waals surface area contributed by atoms with Crippen molar-refractivity contribution in [2.24, 2.45) is 17.0 Å². The molecule has 2 aromatic heterocycles. The van der Waals surface area contributed by atoms with Crippen molar-refractivity contribution in [2.45, 2.75) is 19.8 Å². The van der Waals surface area contributed by atoms with Crippen LogP contribution in [0.3, 0.4) is 0 Å². The summed E-state index contributed by atoms with van der Waals surface area (Å²) in [5.74, 6) is 1.88.